The molecule has 0 atom stereocenters. The highest BCUT2D eigenvalue weighted by molar-refractivity contribution is 7.92. The van der Waals surface area contributed by atoms with Crippen molar-refractivity contribution in [3.8, 4) is 0 Å². The predicted molar refractivity (Wildman–Crippen MR) is 145 cm³/mol. The van der Waals surface area contributed by atoms with Gasteiger partial charge in [-0.15, -0.1) is 0 Å². The summed E-state index contributed by atoms with van der Waals surface area (Å²) in [4.78, 5) is 26.3. The van der Waals surface area contributed by atoms with E-state index >= 15 is 0 Å². The second-order valence-corrected chi connectivity index (χ2v) is 11.3. The zero-order chi connectivity index (χ0) is 26.0. The normalized spacial score (nSPS) is 15.9. The van der Waals surface area contributed by atoms with Gasteiger partial charge in [-0.05, 0) is 73.7 Å². The molecule has 37 heavy (non-hydrogen) atoms. The zero-order valence-corrected chi connectivity index (χ0v) is 22.0. The number of amides is 1. The van der Waals surface area contributed by atoms with Crippen LogP contribution in [0.3, 0.4) is 0 Å². The van der Waals surface area contributed by atoms with Crippen LogP contribution < -0.4 is 4.72 Å². The molecule has 2 aliphatic heterocycles. The highest BCUT2D eigenvalue weighted by Gasteiger charge is 2.25. The molecule has 8 nitrogen and oxygen atoms in total. The van der Waals surface area contributed by atoms with Crippen molar-refractivity contribution in [2.45, 2.75) is 38.1 Å². The van der Waals surface area contributed by atoms with Crippen LogP contribution in [0.25, 0.3) is 0 Å². The third-order valence-electron chi connectivity index (χ3n) is 6.87. The molecular weight excluding hydrogens is 486 g/mol. The van der Waals surface area contributed by atoms with Crippen molar-refractivity contribution in [1.29, 1.82) is 0 Å². The number of sulfonamides is 1. The number of anilines is 1. The van der Waals surface area contributed by atoms with Gasteiger partial charge in [0.1, 0.15) is 4.90 Å². The molecule has 0 radical (unpaired) electrons. The molecule has 1 saturated heterocycles. The van der Waals surface area contributed by atoms with E-state index in [2.05, 4.69) is 25.7 Å². The van der Waals surface area contributed by atoms with E-state index < -0.39 is 10.0 Å². The maximum absolute atomic E-state index is 13.2. The second-order valence-electron chi connectivity index (χ2n) is 9.64. The number of hydrogen-bond donors (Lipinski definition) is 1. The van der Waals surface area contributed by atoms with E-state index in [9.17, 15) is 13.2 Å². The van der Waals surface area contributed by atoms with Gasteiger partial charge in [0.15, 0.2) is 0 Å². The van der Waals surface area contributed by atoms with Gasteiger partial charge in [-0.25, -0.2) is 8.42 Å². The fourth-order valence-electron chi connectivity index (χ4n) is 4.73. The van der Waals surface area contributed by atoms with Crippen LogP contribution in [0.4, 0.5) is 11.4 Å². The van der Waals surface area contributed by atoms with Crippen molar-refractivity contribution < 1.29 is 13.2 Å². The standard InChI is InChI=1S/C28H31N5O3S/c1-20-8-10-24(30-18-20)19-32-13-15-33(16-14-32)28(34)23-9-11-25(21(2)17-23)31-37(35,36)26-7-3-5-22-6-4-12-29-27(22)26/h3,5,7-12,17-18,31H,4,6,13-16,19H2,1-2H3. The molecule has 1 aromatic heterocycles. The average molecular weight is 518 g/mol. The number of hydrogen-bond acceptors (Lipinski definition) is 6. The van der Waals surface area contributed by atoms with Gasteiger partial charge >= 0.3 is 0 Å². The number of para-hydroxylation sites is 1. The lowest BCUT2D eigenvalue weighted by atomic mass is 10.1. The topological polar surface area (TPSA) is 95.0 Å². The summed E-state index contributed by atoms with van der Waals surface area (Å²) in [5.41, 5.74) is 5.29. The Morgan fingerprint density at radius 2 is 1.84 bits per heavy atom. The quantitative estimate of drug-likeness (QED) is 0.531. The summed E-state index contributed by atoms with van der Waals surface area (Å²) in [5.74, 6) is -0.0444. The third kappa shape index (κ3) is 5.57. The summed E-state index contributed by atoms with van der Waals surface area (Å²) in [6, 6.07) is 14.5. The molecule has 2 aromatic carbocycles. The van der Waals surface area contributed by atoms with Gasteiger partial charge in [-0.1, -0.05) is 18.2 Å². The van der Waals surface area contributed by atoms with Gasteiger partial charge in [0, 0.05) is 50.7 Å². The summed E-state index contributed by atoms with van der Waals surface area (Å²) >= 11 is 0. The number of nitrogens with zero attached hydrogens (tertiary/aromatic N) is 4. The number of benzene rings is 2. The largest absolute Gasteiger partial charge is 0.336 e. The van der Waals surface area contributed by atoms with Crippen LogP contribution in [-0.2, 0) is 23.0 Å². The molecular formula is C28H31N5O3S. The fourth-order valence-corrected chi connectivity index (χ4v) is 6.06. The molecule has 0 bridgehead atoms. The first-order valence-corrected chi connectivity index (χ1v) is 14.0. The SMILES string of the molecule is Cc1ccc(CN2CCN(C(=O)c3ccc(NS(=O)(=O)c4cccc5c4N=CCC5)c(C)c3)CC2)nc1. The van der Waals surface area contributed by atoms with Gasteiger partial charge in [0.05, 0.1) is 17.1 Å². The minimum atomic E-state index is -3.84. The predicted octanol–water partition coefficient (Wildman–Crippen LogP) is 4.11. The molecule has 3 heterocycles. The maximum atomic E-state index is 13.2. The molecule has 3 aromatic rings. The van der Waals surface area contributed by atoms with Crippen molar-refractivity contribution in [2.24, 2.45) is 4.99 Å². The Balaban J connectivity index is 1.24. The molecule has 1 fully saturated rings. The van der Waals surface area contributed by atoms with Gasteiger partial charge in [0.2, 0.25) is 0 Å². The van der Waals surface area contributed by atoms with Crippen molar-refractivity contribution in [2.75, 3.05) is 30.9 Å². The van der Waals surface area contributed by atoms with Gasteiger partial charge in [-0.3, -0.25) is 24.4 Å². The van der Waals surface area contributed by atoms with Crippen molar-refractivity contribution in [3.63, 3.8) is 0 Å². The molecule has 0 aliphatic carbocycles. The van der Waals surface area contributed by atoms with E-state index in [0.717, 1.165) is 49.3 Å². The van der Waals surface area contributed by atoms with Crippen LogP contribution in [0.2, 0.25) is 0 Å². The van der Waals surface area contributed by atoms with Crippen molar-refractivity contribution >= 4 is 33.5 Å². The molecule has 5 rings (SSSR count). The first-order valence-electron chi connectivity index (χ1n) is 12.5. The Labute approximate surface area is 218 Å². The molecule has 1 N–H and O–H groups in total. The summed E-state index contributed by atoms with van der Waals surface area (Å²) in [7, 11) is -3.84. The number of carbonyl (C=O) groups excluding carboxylic acids is 1. The number of aromatic nitrogens is 1. The first kappa shape index (κ1) is 25.1. The van der Waals surface area contributed by atoms with E-state index in [1.807, 2.05) is 30.2 Å². The fraction of sp³-hybridized carbons (Fsp3) is 0.321. The molecule has 192 valence electrons. The number of rotatable bonds is 6. The van der Waals surface area contributed by atoms with Crippen LogP contribution >= 0.6 is 0 Å². The maximum Gasteiger partial charge on any atom is 0.264 e. The van der Waals surface area contributed by atoms with E-state index in [0.29, 0.717) is 35.6 Å². The lowest BCUT2D eigenvalue weighted by Gasteiger charge is -2.34. The number of carbonyl (C=O) groups is 1. The van der Waals surface area contributed by atoms with Gasteiger partial charge in [0.25, 0.3) is 15.9 Å². The van der Waals surface area contributed by atoms with Gasteiger partial charge < -0.3 is 4.90 Å². The number of pyridine rings is 1. The van der Waals surface area contributed by atoms with Crippen molar-refractivity contribution in [3.05, 3.63) is 82.7 Å². The summed E-state index contributed by atoms with van der Waals surface area (Å²) in [6.45, 7) is 7.43. The molecule has 0 saturated carbocycles. The summed E-state index contributed by atoms with van der Waals surface area (Å²) < 4.78 is 29.1. The van der Waals surface area contributed by atoms with E-state index in [1.165, 1.54) is 0 Å². The molecule has 0 unspecified atom stereocenters. The Kier molecular flexibility index (Phi) is 7.08. The Hall–Kier alpha value is -3.56. The highest BCUT2D eigenvalue weighted by Crippen LogP contribution is 2.33. The minimum absolute atomic E-state index is 0.0444. The summed E-state index contributed by atoms with van der Waals surface area (Å²) in [5, 5.41) is 0. The molecule has 2 aliphatic rings. The highest BCUT2D eigenvalue weighted by atomic mass is 32.2. The van der Waals surface area contributed by atoms with Gasteiger partial charge in [-0.2, -0.15) is 0 Å². The van der Waals surface area contributed by atoms with Crippen molar-refractivity contribution in [1.82, 2.24) is 14.8 Å². The minimum Gasteiger partial charge on any atom is -0.336 e. The number of fused-ring (bicyclic) bond motifs is 1. The van der Waals surface area contributed by atoms with Crippen LogP contribution in [0.15, 0.2) is 64.6 Å². The lowest BCUT2D eigenvalue weighted by molar-refractivity contribution is 0.0627. The van der Waals surface area contributed by atoms with Crippen LogP contribution in [0.5, 0.6) is 0 Å². The molecule has 0 spiro atoms. The Morgan fingerprint density at radius 3 is 2.57 bits per heavy atom. The number of nitrogens with one attached hydrogen (secondary N) is 1. The van der Waals surface area contributed by atoms with Crippen LogP contribution in [0.1, 0.15) is 39.2 Å². The van der Waals surface area contributed by atoms with E-state index in [-0.39, 0.29) is 10.8 Å². The van der Waals surface area contributed by atoms with E-state index in [1.54, 1.807) is 43.5 Å². The van der Waals surface area contributed by atoms with E-state index in [4.69, 9.17) is 0 Å². The third-order valence-corrected chi connectivity index (χ3v) is 8.27. The van der Waals surface area contributed by atoms with Crippen LogP contribution in [-0.4, -0.2) is 61.5 Å². The van der Waals surface area contributed by atoms with Crippen LogP contribution in [0, 0.1) is 13.8 Å². The average Bonchev–Trinajstić information content (AvgIpc) is 2.91. The summed E-state index contributed by atoms with van der Waals surface area (Å²) in [6.07, 6.45) is 5.21. The number of aliphatic imine (C=N–C) groups is 1. The Bertz CT molecular complexity index is 1440. The first-order chi connectivity index (χ1) is 17.8. The lowest BCUT2D eigenvalue weighted by Crippen LogP contribution is -2.48. The molecule has 9 heteroatoms. The number of piperazine rings is 1. The molecule has 1 amide bonds. The monoisotopic (exact) mass is 517 g/mol. The second kappa shape index (κ2) is 10.4. The smallest absolute Gasteiger partial charge is 0.264 e. The Morgan fingerprint density at radius 1 is 1.03 bits per heavy atom. The zero-order valence-electron chi connectivity index (χ0n) is 21.1. The number of aryl methyl sites for hydroxylation is 3.